The molecule has 0 radical (unpaired) electrons. The second-order valence-electron chi connectivity index (χ2n) is 3.99. The highest BCUT2D eigenvalue weighted by Gasteiger charge is 2.11. The van der Waals surface area contributed by atoms with Crippen LogP contribution in [0, 0.1) is 6.92 Å². The van der Waals surface area contributed by atoms with Crippen molar-refractivity contribution >= 4 is 34.5 Å². The molecule has 0 aliphatic carbocycles. The van der Waals surface area contributed by atoms with Crippen LogP contribution in [0.1, 0.15) is 22.1 Å². The molecule has 1 aromatic heterocycles. The van der Waals surface area contributed by atoms with Gasteiger partial charge in [0.1, 0.15) is 0 Å². The van der Waals surface area contributed by atoms with Crippen molar-refractivity contribution in [3.05, 3.63) is 55.7 Å². The van der Waals surface area contributed by atoms with Crippen LogP contribution in [-0.4, -0.2) is 5.11 Å². The number of hydrogen-bond acceptors (Lipinski definition) is 2. The molecule has 0 amide bonds. The van der Waals surface area contributed by atoms with Gasteiger partial charge >= 0.3 is 0 Å². The van der Waals surface area contributed by atoms with Crippen LogP contribution >= 0.6 is 34.5 Å². The Bertz CT molecular complexity index is 502. The van der Waals surface area contributed by atoms with E-state index in [-0.39, 0.29) is 0 Å². The van der Waals surface area contributed by atoms with Crippen LogP contribution in [0.3, 0.4) is 0 Å². The van der Waals surface area contributed by atoms with Crippen LogP contribution in [-0.2, 0) is 6.42 Å². The summed E-state index contributed by atoms with van der Waals surface area (Å²) in [6.45, 7) is 1.96. The number of aryl methyl sites for hydroxylation is 1. The van der Waals surface area contributed by atoms with Gasteiger partial charge in [-0.25, -0.2) is 0 Å². The van der Waals surface area contributed by atoms with E-state index in [4.69, 9.17) is 23.2 Å². The van der Waals surface area contributed by atoms with E-state index in [2.05, 4.69) is 0 Å². The van der Waals surface area contributed by atoms with Crippen molar-refractivity contribution in [2.45, 2.75) is 19.4 Å². The molecule has 0 bridgehead atoms. The Hall–Kier alpha value is -0.540. The van der Waals surface area contributed by atoms with Crippen LogP contribution in [0.4, 0.5) is 0 Å². The lowest BCUT2D eigenvalue weighted by Gasteiger charge is -2.11. The molecule has 1 N–H and O–H groups in total. The Kier molecular flexibility index (Phi) is 4.10. The van der Waals surface area contributed by atoms with Crippen LogP contribution in [0.2, 0.25) is 9.36 Å². The highest BCUT2D eigenvalue weighted by Crippen LogP contribution is 2.28. The third-order valence-corrected chi connectivity index (χ3v) is 3.94. The van der Waals surface area contributed by atoms with Gasteiger partial charge in [-0.15, -0.1) is 11.3 Å². The molecule has 4 heteroatoms. The molecule has 0 saturated heterocycles. The minimum absolute atomic E-state index is 0.540. The number of rotatable bonds is 3. The van der Waals surface area contributed by atoms with E-state index in [1.807, 2.05) is 31.2 Å². The van der Waals surface area contributed by atoms with Gasteiger partial charge in [-0.2, -0.15) is 0 Å². The highest BCUT2D eigenvalue weighted by molar-refractivity contribution is 7.16. The van der Waals surface area contributed by atoms with Crippen LogP contribution < -0.4 is 0 Å². The van der Waals surface area contributed by atoms with Gasteiger partial charge in [0.25, 0.3) is 0 Å². The summed E-state index contributed by atoms with van der Waals surface area (Å²) in [4.78, 5) is 1.07. The molecule has 0 spiro atoms. The predicted molar refractivity (Wildman–Crippen MR) is 74.2 cm³/mol. The van der Waals surface area contributed by atoms with Gasteiger partial charge in [-0.1, -0.05) is 29.3 Å². The maximum Gasteiger partial charge on any atom is 0.0931 e. The van der Waals surface area contributed by atoms with E-state index in [0.29, 0.717) is 11.4 Å². The molecule has 1 unspecified atom stereocenters. The van der Waals surface area contributed by atoms with Crippen molar-refractivity contribution in [1.82, 2.24) is 0 Å². The first kappa shape index (κ1) is 12.9. The smallest absolute Gasteiger partial charge is 0.0931 e. The lowest BCUT2D eigenvalue weighted by Crippen LogP contribution is -2.00. The van der Waals surface area contributed by atoms with Crippen molar-refractivity contribution in [2.24, 2.45) is 0 Å². The molecule has 1 heterocycles. The zero-order valence-electron chi connectivity index (χ0n) is 9.28. The Morgan fingerprint density at radius 3 is 2.59 bits per heavy atom. The lowest BCUT2D eigenvalue weighted by molar-refractivity contribution is 0.179. The maximum absolute atomic E-state index is 10.1. The molecule has 0 aliphatic heterocycles. The molecule has 0 saturated carbocycles. The Morgan fingerprint density at radius 1 is 1.24 bits per heavy atom. The zero-order chi connectivity index (χ0) is 12.4. The molecular formula is C13H12Cl2OS. The molecule has 1 atom stereocenters. The maximum atomic E-state index is 10.1. The molecule has 2 aromatic rings. The number of hydrogen-bond donors (Lipinski definition) is 1. The first-order chi connectivity index (χ1) is 8.04. The average Bonchev–Trinajstić information content (AvgIpc) is 2.62. The molecular weight excluding hydrogens is 275 g/mol. The molecule has 17 heavy (non-hydrogen) atoms. The van der Waals surface area contributed by atoms with E-state index in [1.54, 1.807) is 6.07 Å². The Balaban J connectivity index is 2.16. The predicted octanol–water partition coefficient (Wildman–Crippen LogP) is 4.64. The second-order valence-corrected chi connectivity index (χ2v) is 6.22. The molecule has 2 rings (SSSR count). The van der Waals surface area contributed by atoms with Crippen LogP contribution in [0.25, 0.3) is 0 Å². The molecule has 0 fully saturated rings. The van der Waals surface area contributed by atoms with E-state index in [0.717, 1.165) is 20.3 Å². The van der Waals surface area contributed by atoms with Crippen molar-refractivity contribution in [3.63, 3.8) is 0 Å². The standard InChI is InChI=1S/C13H12Cl2OS/c1-8-4-9(6-10(14)5-8)12(16)7-11-2-3-13(15)17-11/h2-6,12,16H,7H2,1H3. The second kappa shape index (κ2) is 5.40. The first-order valence-corrected chi connectivity index (χ1v) is 6.81. The minimum Gasteiger partial charge on any atom is -0.388 e. The van der Waals surface area contributed by atoms with Gasteiger partial charge in [-0.3, -0.25) is 0 Å². The third kappa shape index (κ3) is 3.46. The summed E-state index contributed by atoms with van der Waals surface area (Å²) in [5.74, 6) is 0. The molecule has 1 nitrogen and oxygen atoms in total. The highest BCUT2D eigenvalue weighted by atomic mass is 35.5. The van der Waals surface area contributed by atoms with Crippen molar-refractivity contribution in [1.29, 1.82) is 0 Å². The summed E-state index contributed by atoms with van der Waals surface area (Å²) in [5.41, 5.74) is 1.90. The minimum atomic E-state index is -0.540. The van der Waals surface area contributed by atoms with Gasteiger partial charge in [0, 0.05) is 16.3 Å². The average molecular weight is 287 g/mol. The van der Waals surface area contributed by atoms with Crippen LogP contribution in [0.5, 0.6) is 0 Å². The number of benzene rings is 1. The third-order valence-electron chi connectivity index (χ3n) is 2.47. The topological polar surface area (TPSA) is 20.2 Å². The molecule has 90 valence electrons. The number of thiophene rings is 1. The zero-order valence-corrected chi connectivity index (χ0v) is 11.6. The summed E-state index contributed by atoms with van der Waals surface area (Å²) in [6, 6.07) is 9.41. The molecule has 0 aliphatic rings. The Labute approximate surface area is 115 Å². The van der Waals surface area contributed by atoms with Crippen LogP contribution in [0.15, 0.2) is 30.3 Å². The van der Waals surface area contributed by atoms with E-state index in [1.165, 1.54) is 11.3 Å². The fourth-order valence-electron chi connectivity index (χ4n) is 1.73. The van der Waals surface area contributed by atoms with Gasteiger partial charge < -0.3 is 5.11 Å². The van der Waals surface area contributed by atoms with E-state index in [9.17, 15) is 5.11 Å². The van der Waals surface area contributed by atoms with E-state index < -0.39 is 6.10 Å². The summed E-state index contributed by atoms with van der Waals surface area (Å²) >= 11 is 13.3. The van der Waals surface area contributed by atoms with Gasteiger partial charge in [0.15, 0.2) is 0 Å². The number of halogens is 2. The van der Waals surface area contributed by atoms with Gasteiger partial charge in [-0.05, 0) is 42.3 Å². The first-order valence-electron chi connectivity index (χ1n) is 5.24. The normalized spacial score (nSPS) is 12.7. The monoisotopic (exact) mass is 286 g/mol. The number of aliphatic hydroxyl groups excluding tert-OH is 1. The quantitative estimate of drug-likeness (QED) is 0.872. The largest absolute Gasteiger partial charge is 0.388 e. The SMILES string of the molecule is Cc1cc(Cl)cc(C(O)Cc2ccc(Cl)s2)c1. The van der Waals surface area contributed by atoms with E-state index >= 15 is 0 Å². The fraction of sp³-hybridized carbons (Fsp3) is 0.231. The Morgan fingerprint density at radius 2 is 2.00 bits per heavy atom. The van der Waals surface area contributed by atoms with Crippen molar-refractivity contribution < 1.29 is 5.11 Å². The summed E-state index contributed by atoms with van der Waals surface area (Å²) in [6.07, 6.45) is 0.0269. The van der Waals surface area contributed by atoms with Gasteiger partial charge in [0.05, 0.1) is 10.4 Å². The van der Waals surface area contributed by atoms with Crippen molar-refractivity contribution in [2.75, 3.05) is 0 Å². The van der Waals surface area contributed by atoms with Crippen molar-refractivity contribution in [3.8, 4) is 0 Å². The fourth-order valence-corrected chi connectivity index (χ4v) is 3.15. The summed E-state index contributed by atoms with van der Waals surface area (Å²) < 4.78 is 0.745. The summed E-state index contributed by atoms with van der Waals surface area (Å²) in [5, 5.41) is 10.8. The summed E-state index contributed by atoms with van der Waals surface area (Å²) in [7, 11) is 0. The number of aliphatic hydroxyl groups is 1. The molecule has 1 aromatic carbocycles. The lowest BCUT2D eigenvalue weighted by atomic mass is 10.0. The van der Waals surface area contributed by atoms with Gasteiger partial charge in [0.2, 0.25) is 0 Å².